The third kappa shape index (κ3) is 2.45. The van der Waals surface area contributed by atoms with E-state index in [1.54, 1.807) is 12.1 Å². The average Bonchev–Trinajstić information content (AvgIpc) is 2.91. The SMILES string of the molecule is COc1cc(C(=O)O)ccc1Cn1ncc2ccccc21. The molecule has 2 aromatic carbocycles. The molecular weight excluding hydrogens is 268 g/mol. The molecule has 1 aromatic heterocycles. The Hall–Kier alpha value is -2.82. The molecule has 21 heavy (non-hydrogen) atoms. The Bertz CT molecular complexity index is 808. The molecule has 0 unspecified atom stereocenters. The number of hydrogen-bond donors (Lipinski definition) is 1. The zero-order valence-electron chi connectivity index (χ0n) is 11.5. The second kappa shape index (κ2) is 5.28. The van der Waals surface area contributed by atoms with E-state index in [-0.39, 0.29) is 5.56 Å². The van der Waals surface area contributed by atoms with Crippen LogP contribution in [0.2, 0.25) is 0 Å². The van der Waals surface area contributed by atoms with Gasteiger partial charge >= 0.3 is 5.97 Å². The first-order chi connectivity index (χ1) is 10.2. The molecule has 1 heterocycles. The molecule has 3 aromatic rings. The van der Waals surface area contributed by atoms with Crippen molar-refractivity contribution in [1.29, 1.82) is 0 Å². The van der Waals surface area contributed by atoms with Gasteiger partial charge < -0.3 is 9.84 Å². The number of aromatic nitrogens is 2. The van der Waals surface area contributed by atoms with E-state index in [0.29, 0.717) is 12.3 Å². The summed E-state index contributed by atoms with van der Waals surface area (Å²) in [4.78, 5) is 11.0. The number of para-hydroxylation sites is 1. The van der Waals surface area contributed by atoms with Crippen molar-refractivity contribution in [2.75, 3.05) is 7.11 Å². The van der Waals surface area contributed by atoms with Crippen LogP contribution in [0.15, 0.2) is 48.7 Å². The number of benzene rings is 2. The van der Waals surface area contributed by atoms with Crippen LogP contribution in [-0.2, 0) is 6.54 Å². The summed E-state index contributed by atoms with van der Waals surface area (Å²) in [6.45, 7) is 0.524. The molecule has 0 radical (unpaired) electrons. The summed E-state index contributed by atoms with van der Waals surface area (Å²) in [5, 5.41) is 14.5. The lowest BCUT2D eigenvalue weighted by molar-refractivity contribution is 0.0696. The fourth-order valence-corrected chi connectivity index (χ4v) is 2.32. The normalized spacial score (nSPS) is 10.7. The van der Waals surface area contributed by atoms with Crippen molar-refractivity contribution in [1.82, 2.24) is 9.78 Å². The van der Waals surface area contributed by atoms with Gasteiger partial charge in [0.05, 0.1) is 30.9 Å². The van der Waals surface area contributed by atoms with Crippen molar-refractivity contribution in [3.8, 4) is 5.75 Å². The van der Waals surface area contributed by atoms with Crippen LogP contribution in [0.1, 0.15) is 15.9 Å². The summed E-state index contributed by atoms with van der Waals surface area (Å²) < 4.78 is 7.16. The fourth-order valence-electron chi connectivity index (χ4n) is 2.32. The first-order valence-corrected chi connectivity index (χ1v) is 6.50. The van der Waals surface area contributed by atoms with E-state index in [2.05, 4.69) is 5.10 Å². The molecule has 1 N–H and O–H groups in total. The maximum atomic E-state index is 11.0. The van der Waals surface area contributed by atoms with Crippen molar-refractivity contribution in [2.45, 2.75) is 6.54 Å². The average molecular weight is 282 g/mol. The van der Waals surface area contributed by atoms with Gasteiger partial charge in [-0.25, -0.2) is 4.79 Å². The number of methoxy groups -OCH3 is 1. The van der Waals surface area contributed by atoms with Gasteiger partial charge in [-0.1, -0.05) is 24.3 Å². The zero-order chi connectivity index (χ0) is 14.8. The maximum Gasteiger partial charge on any atom is 0.335 e. The molecule has 0 saturated heterocycles. The van der Waals surface area contributed by atoms with Crippen molar-refractivity contribution < 1.29 is 14.6 Å². The minimum atomic E-state index is -0.968. The molecule has 5 heteroatoms. The Labute approximate surface area is 121 Å². The molecule has 0 aliphatic rings. The summed E-state index contributed by atoms with van der Waals surface area (Å²) in [5.41, 5.74) is 2.12. The van der Waals surface area contributed by atoms with Crippen LogP contribution in [0.25, 0.3) is 10.9 Å². The van der Waals surface area contributed by atoms with Gasteiger partial charge in [0.1, 0.15) is 5.75 Å². The molecule has 0 aliphatic carbocycles. The molecule has 0 atom stereocenters. The summed E-state index contributed by atoms with van der Waals surface area (Å²) in [7, 11) is 1.53. The summed E-state index contributed by atoms with van der Waals surface area (Å²) in [5.74, 6) is -0.418. The van der Waals surface area contributed by atoms with Crippen molar-refractivity contribution in [2.24, 2.45) is 0 Å². The number of hydrogen-bond acceptors (Lipinski definition) is 3. The lowest BCUT2D eigenvalue weighted by atomic mass is 10.1. The van der Waals surface area contributed by atoms with Crippen LogP contribution < -0.4 is 4.74 Å². The van der Waals surface area contributed by atoms with Gasteiger partial charge in [-0.3, -0.25) is 4.68 Å². The maximum absolute atomic E-state index is 11.0. The third-order valence-corrected chi connectivity index (χ3v) is 3.41. The van der Waals surface area contributed by atoms with Crippen LogP contribution >= 0.6 is 0 Å². The quantitative estimate of drug-likeness (QED) is 0.799. The molecule has 0 aliphatic heterocycles. The minimum Gasteiger partial charge on any atom is -0.496 e. The number of carbonyl (C=O) groups is 1. The highest BCUT2D eigenvalue weighted by molar-refractivity contribution is 5.88. The largest absolute Gasteiger partial charge is 0.496 e. The van der Waals surface area contributed by atoms with E-state index in [0.717, 1.165) is 16.5 Å². The van der Waals surface area contributed by atoms with E-state index in [1.165, 1.54) is 13.2 Å². The molecule has 0 amide bonds. The molecular formula is C16H14N2O3. The Kier molecular flexibility index (Phi) is 3.31. The highest BCUT2D eigenvalue weighted by atomic mass is 16.5. The Morgan fingerprint density at radius 3 is 2.86 bits per heavy atom. The minimum absolute atomic E-state index is 0.209. The van der Waals surface area contributed by atoms with E-state index in [9.17, 15) is 4.79 Å². The van der Waals surface area contributed by atoms with Crippen molar-refractivity contribution >= 4 is 16.9 Å². The van der Waals surface area contributed by atoms with E-state index >= 15 is 0 Å². The Balaban J connectivity index is 1.99. The fraction of sp³-hybridized carbons (Fsp3) is 0.125. The highest BCUT2D eigenvalue weighted by Gasteiger charge is 2.11. The Morgan fingerprint density at radius 1 is 1.29 bits per heavy atom. The number of nitrogens with zero attached hydrogens (tertiary/aromatic N) is 2. The molecule has 0 spiro atoms. The Morgan fingerprint density at radius 2 is 2.10 bits per heavy atom. The topological polar surface area (TPSA) is 64.3 Å². The van der Waals surface area contributed by atoms with Crippen LogP contribution in [0.5, 0.6) is 5.75 Å². The lowest BCUT2D eigenvalue weighted by Crippen LogP contribution is -2.05. The van der Waals surface area contributed by atoms with Crippen molar-refractivity contribution in [3.05, 3.63) is 59.8 Å². The number of fused-ring (bicyclic) bond motifs is 1. The van der Waals surface area contributed by atoms with Crippen LogP contribution in [0.3, 0.4) is 0 Å². The van der Waals surface area contributed by atoms with Crippen LogP contribution in [0.4, 0.5) is 0 Å². The number of aromatic carboxylic acids is 1. The second-order valence-corrected chi connectivity index (χ2v) is 4.69. The summed E-state index contributed by atoms with van der Waals surface area (Å²) in [6, 6.07) is 12.8. The zero-order valence-corrected chi connectivity index (χ0v) is 11.5. The standard InChI is InChI=1S/C16H14N2O3/c1-21-15-8-11(16(19)20)6-7-13(15)10-18-14-5-3-2-4-12(14)9-17-18/h2-9H,10H2,1H3,(H,19,20). The molecule has 0 bridgehead atoms. The van der Waals surface area contributed by atoms with E-state index in [4.69, 9.17) is 9.84 Å². The van der Waals surface area contributed by atoms with Crippen LogP contribution in [-0.4, -0.2) is 28.0 Å². The number of carboxylic acid groups (broad SMARTS) is 1. The highest BCUT2D eigenvalue weighted by Crippen LogP contribution is 2.23. The number of carboxylic acids is 1. The molecule has 0 fully saturated rings. The molecule has 5 nitrogen and oxygen atoms in total. The predicted molar refractivity (Wildman–Crippen MR) is 78.8 cm³/mol. The van der Waals surface area contributed by atoms with Gasteiger partial charge in [0.2, 0.25) is 0 Å². The molecule has 106 valence electrons. The van der Waals surface area contributed by atoms with E-state index in [1.807, 2.05) is 35.1 Å². The number of rotatable bonds is 4. The van der Waals surface area contributed by atoms with Crippen LogP contribution in [0, 0.1) is 0 Å². The monoisotopic (exact) mass is 282 g/mol. The molecule has 0 saturated carbocycles. The first kappa shape index (κ1) is 13.2. The van der Waals surface area contributed by atoms with Crippen molar-refractivity contribution in [3.63, 3.8) is 0 Å². The van der Waals surface area contributed by atoms with Gasteiger partial charge in [0.25, 0.3) is 0 Å². The molecule has 3 rings (SSSR count). The first-order valence-electron chi connectivity index (χ1n) is 6.50. The summed E-state index contributed by atoms with van der Waals surface area (Å²) in [6.07, 6.45) is 1.81. The van der Waals surface area contributed by atoms with Gasteiger partial charge in [-0.05, 0) is 18.2 Å². The van der Waals surface area contributed by atoms with Gasteiger partial charge in [0, 0.05) is 10.9 Å². The van der Waals surface area contributed by atoms with Gasteiger partial charge in [-0.15, -0.1) is 0 Å². The smallest absolute Gasteiger partial charge is 0.335 e. The number of ether oxygens (including phenoxy) is 1. The van der Waals surface area contributed by atoms with Gasteiger partial charge in [0.15, 0.2) is 0 Å². The van der Waals surface area contributed by atoms with E-state index < -0.39 is 5.97 Å². The van der Waals surface area contributed by atoms with Gasteiger partial charge in [-0.2, -0.15) is 5.10 Å². The third-order valence-electron chi connectivity index (χ3n) is 3.41. The summed E-state index contributed by atoms with van der Waals surface area (Å²) >= 11 is 0. The second-order valence-electron chi connectivity index (χ2n) is 4.69. The predicted octanol–water partition coefficient (Wildman–Crippen LogP) is 2.79. The lowest BCUT2D eigenvalue weighted by Gasteiger charge is -2.10.